The van der Waals surface area contributed by atoms with Crippen molar-refractivity contribution in [3.05, 3.63) is 71.5 Å². The number of nitrogens with one attached hydrogen (secondary N) is 1. The molecule has 0 radical (unpaired) electrons. The molecule has 0 saturated carbocycles. The van der Waals surface area contributed by atoms with E-state index in [0.29, 0.717) is 42.6 Å². The number of piperazine rings is 1. The van der Waals surface area contributed by atoms with Crippen LogP contribution in [-0.2, 0) is 4.79 Å². The standard InChI is InChI=1S/C22H20ClF2N5OS/c23-16-11-15(5-6-17(16)24)28-21(31)13-32-22-12-20(26-14-27-22)30-9-7-29(8-10-30)19-4-2-1-3-18(19)25/h1-6,11-12,14H,7-10,13H2,(H,28,31). The Kier molecular flexibility index (Phi) is 7.06. The van der Waals surface area contributed by atoms with Crippen LogP contribution < -0.4 is 15.1 Å². The second kappa shape index (κ2) is 10.1. The van der Waals surface area contributed by atoms with Crippen LogP contribution in [0.4, 0.5) is 26.0 Å². The summed E-state index contributed by atoms with van der Waals surface area (Å²) in [5.74, 6) is -0.116. The Bertz CT molecular complexity index is 1110. The molecule has 0 unspecified atom stereocenters. The van der Waals surface area contributed by atoms with E-state index in [-0.39, 0.29) is 22.5 Å². The van der Waals surface area contributed by atoms with Gasteiger partial charge in [0.15, 0.2) is 0 Å². The number of hydrogen-bond donors (Lipinski definition) is 1. The van der Waals surface area contributed by atoms with Gasteiger partial charge in [-0.1, -0.05) is 35.5 Å². The van der Waals surface area contributed by atoms with Crippen molar-refractivity contribution < 1.29 is 13.6 Å². The second-order valence-electron chi connectivity index (χ2n) is 7.11. The Morgan fingerprint density at radius 1 is 1.00 bits per heavy atom. The quantitative estimate of drug-likeness (QED) is 0.419. The predicted molar refractivity (Wildman–Crippen MR) is 124 cm³/mol. The van der Waals surface area contributed by atoms with E-state index in [1.807, 2.05) is 17.0 Å². The average Bonchev–Trinajstić information content (AvgIpc) is 2.81. The number of nitrogens with zero attached hydrogens (tertiary/aromatic N) is 4. The monoisotopic (exact) mass is 475 g/mol. The fourth-order valence-corrected chi connectivity index (χ4v) is 4.22. The molecular formula is C22H20ClF2N5OS. The lowest BCUT2D eigenvalue weighted by molar-refractivity contribution is -0.113. The first kappa shape index (κ1) is 22.3. The first-order valence-corrected chi connectivity index (χ1v) is 11.3. The predicted octanol–water partition coefficient (Wildman–Crippen LogP) is 4.47. The van der Waals surface area contributed by atoms with Crippen LogP contribution in [0.2, 0.25) is 5.02 Å². The number of hydrogen-bond acceptors (Lipinski definition) is 6. The van der Waals surface area contributed by atoms with Gasteiger partial charge >= 0.3 is 0 Å². The number of aromatic nitrogens is 2. The molecule has 2 aromatic carbocycles. The minimum absolute atomic E-state index is 0.0500. The molecule has 0 atom stereocenters. The third kappa shape index (κ3) is 5.46. The van der Waals surface area contributed by atoms with E-state index in [2.05, 4.69) is 20.2 Å². The maximum Gasteiger partial charge on any atom is 0.234 e. The van der Waals surface area contributed by atoms with Crippen molar-refractivity contribution in [1.82, 2.24) is 9.97 Å². The van der Waals surface area contributed by atoms with E-state index in [9.17, 15) is 13.6 Å². The average molecular weight is 476 g/mol. The van der Waals surface area contributed by atoms with Crippen molar-refractivity contribution in [2.24, 2.45) is 0 Å². The van der Waals surface area contributed by atoms with E-state index >= 15 is 0 Å². The van der Waals surface area contributed by atoms with E-state index < -0.39 is 5.82 Å². The first-order valence-electron chi connectivity index (χ1n) is 9.94. The van der Waals surface area contributed by atoms with Crippen LogP contribution in [0.1, 0.15) is 0 Å². The number of halogens is 3. The Morgan fingerprint density at radius 2 is 1.75 bits per heavy atom. The van der Waals surface area contributed by atoms with Crippen LogP contribution in [0.25, 0.3) is 0 Å². The van der Waals surface area contributed by atoms with Gasteiger partial charge in [0.2, 0.25) is 5.91 Å². The molecule has 3 aromatic rings. The Morgan fingerprint density at radius 3 is 2.50 bits per heavy atom. The number of benzene rings is 2. The third-order valence-electron chi connectivity index (χ3n) is 4.98. The fourth-order valence-electron chi connectivity index (χ4n) is 3.38. The summed E-state index contributed by atoms with van der Waals surface area (Å²) in [6.45, 7) is 2.74. The molecule has 0 spiro atoms. The lowest BCUT2D eigenvalue weighted by atomic mass is 10.2. The number of carbonyl (C=O) groups excluding carboxylic acids is 1. The molecule has 0 bridgehead atoms. The van der Waals surface area contributed by atoms with Gasteiger partial charge in [-0.3, -0.25) is 4.79 Å². The highest BCUT2D eigenvalue weighted by Gasteiger charge is 2.20. The third-order valence-corrected chi connectivity index (χ3v) is 6.19. The number of amides is 1. The molecule has 1 saturated heterocycles. The lowest BCUT2D eigenvalue weighted by Gasteiger charge is -2.36. The van der Waals surface area contributed by atoms with Gasteiger partial charge in [0.25, 0.3) is 0 Å². The maximum absolute atomic E-state index is 14.0. The van der Waals surface area contributed by atoms with Gasteiger partial charge in [0.1, 0.15) is 28.8 Å². The van der Waals surface area contributed by atoms with Crippen LogP contribution in [0.5, 0.6) is 0 Å². The number of thioether (sulfide) groups is 1. The summed E-state index contributed by atoms with van der Waals surface area (Å²) < 4.78 is 27.3. The summed E-state index contributed by atoms with van der Waals surface area (Å²) in [4.78, 5) is 24.9. The summed E-state index contributed by atoms with van der Waals surface area (Å²) in [5, 5.41) is 3.30. The highest BCUT2D eigenvalue weighted by atomic mass is 35.5. The molecule has 2 heterocycles. The zero-order valence-electron chi connectivity index (χ0n) is 17.0. The van der Waals surface area contributed by atoms with Crippen LogP contribution in [0.15, 0.2) is 59.9 Å². The SMILES string of the molecule is O=C(CSc1cc(N2CCN(c3ccccc3F)CC2)ncn1)Nc1ccc(F)c(Cl)c1. The molecule has 1 fully saturated rings. The van der Waals surface area contributed by atoms with Gasteiger partial charge in [-0.05, 0) is 30.3 Å². The van der Waals surface area contributed by atoms with E-state index in [1.165, 1.54) is 42.4 Å². The molecule has 0 aliphatic carbocycles. The van der Waals surface area contributed by atoms with Crippen LogP contribution in [0.3, 0.4) is 0 Å². The maximum atomic E-state index is 14.0. The summed E-state index contributed by atoms with van der Waals surface area (Å²) in [7, 11) is 0. The largest absolute Gasteiger partial charge is 0.366 e. The molecule has 6 nitrogen and oxygen atoms in total. The molecule has 4 rings (SSSR count). The van der Waals surface area contributed by atoms with Crippen LogP contribution in [-0.4, -0.2) is 47.8 Å². The van der Waals surface area contributed by atoms with E-state index in [4.69, 9.17) is 11.6 Å². The number of para-hydroxylation sites is 1. The summed E-state index contributed by atoms with van der Waals surface area (Å²) >= 11 is 7.01. The summed E-state index contributed by atoms with van der Waals surface area (Å²) in [6.07, 6.45) is 1.47. The summed E-state index contributed by atoms with van der Waals surface area (Å²) in [5.41, 5.74) is 1.04. The molecule has 10 heteroatoms. The van der Waals surface area contributed by atoms with Gasteiger partial charge in [0, 0.05) is 37.9 Å². The first-order chi connectivity index (χ1) is 15.5. The lowest BCUT2D eigenvalue weighted by Crippen LogP contribution is -2.47. The Hall–Kier alpha value is -2.91. The van der Waals surface area contributed by atoms with Gasteiger partial charge in [-0.25, -0.2) is 18.7 Å². The van der Waals surface area contributed by atoms with Crippen LogP contribution in [0, 0.1) is 11.6 Å². The van der Waals surface area contributed by atoms with Gasteiger partial charge in [-0.2, -0.15) is 0 Å². The van der Waals surface area contributed by atoms with E-state index in [0.717, 1.165) is 5.82 Å². The molecule has 166 valence electrons. The van der Waals surface area contributed by atoms with Gasteiger partial charge < -0.3 is 15.1 Å². The number of carbonyl (C=O) groups is 1. The molecule has 1 aliphatic heterocycles. The molecule has 1 aromatic heterocycles. The normalized spacial score (nSPS) is 13.8. The van der Waals surface area contributed by atoms with Crippen molar-refractivity contribution in [3.8, 4) is 0 Å². The molecule has 1 N–H and O–H groups in total. The Labute approximate surface area is 193 Å². The molecule has 32 heavy (non-hydrogen) atoms. The van der Waals surface area contributed by atoms with E-state index in [1.54, 1.807) is 12.1 Å². The van der Waals surface area contributed by atoms with Crippen molar-refractivity contribution >= 4 is 46.5 Å². The van der Waals surface area contributed by atoms with Crippen LogP contribution >= 0.6 is 23.4 Å². The topological polar surface area (TPSA) is 61.4 Å². The molecular weight excluding hydrogens is 456 g/mol. The van der Waals surface area contributed by atoms with Crippen molar-refractivity contribution in [3.63, 3.8) is 0 Å². The number of anilines is 3. The molecule has 1 amide bonds. The highest BCUT2D eigenvalue weighted by molar-refractivity contribution is 7.99. The minimum Gasteiger partial charge on any atom is -0.366 e. The highest BCUT2D eigenvalue weighted by Crippen LogP contribution is 2.24. The van der Waals surface area contributed by atoms with Crippen molar-refractivity contribution in [1.29, 1.82) is 0 Å². The van der Waals surface area contributed by atoms with Crippen molar-refractivity contribution in [2.45, 2.75) is 5.03 Å². The van der Waals surface area contributed by atoms with Crippen molar-refractivity contribution in [2.75, 3.05) is 47.0 Å². The zero-order valence-corrected chi connectivity index (χ0v) is 18.5. The fraction of sp³-hybridized carbons (Fsp3) is 0.227. The Balaban J connectivity index is 1.31. The van der Waals surface area contributed by atoms with Gasteiger partial charge in [-0.15, -0.1) is 0 Å². The minimum atomic E-state index is -0.540. The van der Waals surface area contributed by atoms with Gasteiger partial charge in [0.05, 0.1) is 16.5 Å². The second-order valence-corrected chi connectivity index (χ2v) is 8.51. The molecule has 1 aliphatic rings. The smallest absolute Gasteiger partial charge is 0.234 e. The summed E-state index contributed by atoms with van der Waals surface area (Å²) in [6, 6.07) is 12.6. The number of rotatable bonds is 6. The zero-order chi connectivity index (χ0) is 22.5.